The van der Waals surface area contributed by atoms with Crippen LogP contribution in [-0.4, -0.2) is 60.0 Å². The molecular formula is C19H20N4O4S. The van der Waals surface area contributed by atoms with Gasteiger partial charge in [0.25, 0.3) is 11.1 Å². The monoisotopic (exact) mass is 400 g/mol. The van der Waals surface area contributed by atoms with E-state index in [1.54, 1.807) is 25.5 Å². The number of methoxy groups -OCH3 is 1. The highest BCUT2D eigenvalue weighted by Crippen LogP contribution is 2.24. The van der Waals surface area contributed by atoms with Crippen LogP contribution in [0.1, 0.15) is 0 Å². The zero-order valence-electron chi connectivity index (χ0n) is 15.4. The molecule has 4 rings (SSSR count). The lowest BCUT2D eigenvalue weighted by atomic mass is 10.2. The number of thioether (sulfide) groups is 1. The van der Waals surface area contributed by atoms with E-state index in [1.807, 2.05) is 29.2 Å². The first kappa shape index (κ1) is 18.4. The molecule has 1 fully saturated rings. The van der Waals surface area contributed by atoms with Gasteiger partial charge < -0.3 is 23.4 Å². The van der Waals surface area contributed by atoms with Crippen LogP contribution in [0.5, 0.6) is 5.75 Å². The van der Waals surface area contributed by atoms with Crippen LogP contribution in [0.15, 0.2) is 56.7 Å². The molecule has 28 heavy (non-hydrogen) atoms. The smallest absolute Gasteiger partial charge is 0.284 e. The van der Waals surface area contributed by atoms with Gasteiger partial charge in [0.15, 0.2) is 5.76 Å². The zero-order valence-corrected chi connectivity index (χ0v) is 16.2. The molecule has 2 aromatic heterocycles. The van der Waals surface area contributed by atoms with Gasteiger partial charge in [-0.15, -0.1) is 10.2 Å². The summed E-state index contributed by atoms with van der Waals surface area (Å²) in [6, 6.07) is 11.5. The van der Waals surface area contributed by atoms with Crippen molar-refractivity contribution in [2.24, 2.45) is 0 Å². The second-order valence-corrected chi connectivity index (χ2v) is 7.13. The molecule has 1 amide bonds. The SMILES string of the molecule is COc1ccc(N2CCN(C(=O)CSc3nnc(-c4ccco4)o3)CC2)cc1. The van der Waals surface area contributed by atoms with Crippen LogP contribution in [-0.2, 0) is 4.79 Å². The first-order valence-electron chi connectivity index (χ1n) is 8.90. The Kier molecular flexibility index (Phi) is 5.52. The lowest BCUT2D eigenvalue weighted by molar-refractivity contribution is -0.128. The third kappa shape index (κ3) is 4.14. The Morgan fingerprint density at radius 3 is 2.61 bits per heavy atom. The fourth-order valence-corrected chi connectivity index (χ4v) is 3.66. The average molecular weight is 400 g/mol. The molecule has 3 heterocycles. The first-order chi connectivity index (χ1) is 13.7. The van der Waals surface area contributed by atoms with E-state index < -0.39 is 0 Å². The van der Waals surface area contributed by atoms with Crippen LogP contribution >= 0.6 is 11.8 Å². The van der Waals surface area contributed by atoms with E-state index in [4.69, 9.17) is 13.6 Å². The summed E-state index contributed by atoms with van der Waals surface area (Å²) in [5, 5.41) is 8.24. The summed E-state index contributed by atoms with van der Waals surface area (Å²) >= 11 is 1.24. The zero-order chi connectivity index (χ0) is 19.3. The molecule has 146 valence electrons. The van der Waals surface area contributed by atoms with Crippen LogP contribution in [0, 0.1) is 0 Å². The molecule has 1 saturated heterocycles. The van der Waals surface area contributed by atoms with E-state index in [9.17, 15) is 4.79 Å². The van der Waals surface area contributed by atoms with Gasteiger partial charge in [-0.3, -0.25) is 4.79 Å². The van der Waals surface area contributed by atoms with Crippen LogP contribution in [0.3, 0.4) is 0 Å². The number of benzene rings is 1. The van der Waals surface area contributed by atoms with Gasteiger partial charge in [-0.1, -0.05) is 11.8 Å². The number of piperazine rings is 1. The number of furan rings is 1. The highest BCUT2D eigenvalue weighted by molar-refractivity contribution is 7.99. The molecule has 1 aliphatic heterocycles. The molecule has 9 heteroatoms. The molecule has 0 unspecified atom stereocenters. The topological polar surface area (TPSA) is 84.8 Å². The lowest BCUT2D eigenvalue weighted by Gasteiger charge is -2.36. The summed E-state index contributed by atoms with van der Waals surface area (Å²) < 4.78 is 15.9. The van der Waals surface area contributed by atoms with Crippen LogP contribution in [0.25, 0.3) is 11.7 Å². The second kappa shape index (κ2) is 8.39. The van der Waals surface area contributed by atoms with Gasteiger partial charge in [0.05, 0.1) is 19.1 Å². The van der Waals surface area contributed by atoms with Crippen molar-refractivity contribution in [3.05, 3.63) is 42.7 Å². The average Bonchev–Trinajstić information content (AvgIpc) is 3.44. The van der Waals surface area contributed by atoms with E-state index >= 15 is 0 Å². The summed E-state index contributed by atoms with van der Waals surface area (Å²) in [7, 11) is 1.66. The Hall–Kier alpha value is -2.94. The predicted molar refractivity (Wildman–Crippen MR) is 105 cm³/mol. The third-order valence-corrected chi connectivity index (χ3v) is 5.33. The molecule has 8 nitrogen and oxygen atoms in total. The van der Waals surface area contributed by atoms with Crippen LogP contribution in [0.4, 0.5) is 5.69 Å². The number of amides is 1. The van der Waals surface area contributed by atoms with Crippen molar-refractivity contribution >= 4 is 23.4 Å². The minimum atomic E-state index is 0.0668. The van der Waals surface area contributed by atoms with E-state index in [1.165, 1.54) is 11.8 Å². The molecule has 0 radical (unpaired) electrons. The fraction of sp³-hybridized carbons (Fsp3) is 0.316. The van der Waals surface area contributed by atoms with Gasteiger partial charge in [-0.2, -0.15) is 0 Å². The number of anilines is 1. The van der Waals surface area contributed by atoms with Gasteiger partial charge in [-0.25, -0.2) is 0 Å². The lowest BCUT2D eigenvalue weighted by Crippen LogP contribution is -2.49. The van der Waals surface area contributed by atoms with Crippen molar-refractivity contribution in [3.8, 4) is 17.4 Å². The quantitative estimate of drug-likeness (QED) is 0.584. The van der Waals surface area contributed by atoms with Crippen molar-refractivity contribution in [2.75, 3.05) is 43.9 Å². The number of carbonyl (C=O) groups excluding carboxylic acids is 1. The number of carbonyl (C=O) groups is 1. The van der Waals surface area contributed by atoms with Gasteiger partial charge in [0, 0.05) is 31.9 Å². The second-order valence-electron chi connectivity index (χ2n) is 6.20. The predicted octanol–water partition coefficient (Wildman–Crippen LogP) is 2.78. The number of aromatic nitrogens is 2. The molecule has 0 N–H and O–H groups in total. The number of hydrogen-bond acceptors (Lipinski definition) is 8. The third-order valence-electron chi connectivity index (χ3n) is 4.53. The highest BCUT2D eigenvalue weighted by atomic mass is 32.2. The summed E-state index contributed by atoms with van der Waals surface area (Å²) in [5.41, 5.74) is 1.14. The Labute approximate surface area is 166 Å². The maximum absolute atomic E-state index is 12.5. The van der Waals surface area contributed by atoms with E-state index in [0.29, 0.717) is 30.0 Å². The molecule has 0 saturated carbocycles. The van der Waals surface area contributed by atoms with E-state index in [-0.39, 0.29) is 11.7 Å². The van der Waals surface area contributed by atoms with Crippen molar-refractivity contribution in [3.63, 3.8) is 0 Å². The van der Waals surface area contributed by atoms with Gasteiger partial charge >= 0.3 is 0 Å². The molecule has 3 aromatic rings. The number of nitrogens with zero attached hydrogens (tertiary/aromatic N) is 4. The minimum Gasteiger partial charge on any atom is -0.497 e. The highest BCUT2D eigenvalue weighted by Gasteiger charge is 2.22. The van der Waals surface area contributed by atoms with E-state index in [0.717, 1.165) is 24.5 Å². The normalized spacial score (nSPS) is 14.3. The maximum Gasteiger partial charge on any atom is 0.284 e. The molecule has 1 aliphatic rings. The molecule has 0 aliphatic carbocycles. The first-order valence-corrected chi connectivity index (χ1v) is 9.88. The minimum absolute atomic E-state index is 0.0668. The largest absolute Gasteiger partial charge is 0.497 e. The Morgan fingerprint density at radius 2 is 1.93 bits per heavy atom. The van der Waals surface area contributed by atoms with Crippen molar-refractivity contribution in [2.45, 2.75) is 5.22 Å². The Bertz CT molecular complexity index is 902. The Morgan fingerprint density at radius 1 is 1.14 bits per heavy atom. The van der Waals surface area contributed by atoms with Crippen LogP contribution < -0.4 is 9.64 Å². The van der Waals surface area contributed by atoms with Gasteiger partial charge in [0.1, 0.15) is 5.75 Å². The Balaban J connectivity index is 1.26. The number of ether oxygens (including phenoxy) is 1. The molecule has 0 spiro atoms. The van der Waals surface area contributed by atoms with Crippen LogP contribution in [0.2, 0.25) is 0 Å². The summed E-state index contributed by atoms with van der Waals surface area (Å²) in [6.45, 7) is 2.97. The number of hydrogen-bond donors (Lipinski definition) is 0. The molecule has 1 aromatic carbocycles. The van der Waals surface area contributed by atoms with E-state index in [2.05, 4.69) is 15.1 Å². The number of rotatable bonds is 6. The standard InChI is InChI=1S/C19H20N4O4S/c1-25-15-6-4-14(5-7-15)22-8-10-23(11-9-22)17(24)13-28-19-21-20-18(27-19)16-3-2-12-26-16/h2-7,12H,8-11,13H2,1H3. The molecule has 0 atom stereocenters. The summed E-state index contributed by atoms with van der Waals surface area (Å²) in [4.78, 5) is 16.6. The maximum atomic E-state index is 12.5. The van der Waals surface area contributed by atoms with Gasteiger partial charge in [0.2, 0.25) is 5.91 Å². The molecular weight excluding hydrogens is 380 g/mol. The summed E-state index contributed by atoms with van der Waals surface area (Å²) in [5.74, 6) is 2.00. The fourth-order valence-electron chi connectivity index (χ4n) is 2.99. The van der Waals surface area contributed by atoms with Crippen molar-refractivity contribution < 1.29 is 18.4 Å². The van der Waals surface area contributed by atoms with Crippen molar-refractivity contribution in [1.82, 2.24) is 15.1 Å². The molecule has 0 bridgehead atoms. The summed E-state index contributed by atoms with van der Waals surface area (Å²) in [6.07, 6.45) is 1.54. The van der Waals surface area contributed by atoms with Gasteiger partial charge in [-0.05, 0) is 36.4 Å². The van der Waals surface area contributed by atoms with Crippen molar-refractivity contribution in [1.29, 1.82) is 0 Å².